The second-order valence-corrected chi connectivity index (χ2v) is 4.86. The van der Waals surface area contributed by atoms with E-state index in [-0.39, 0.29) is 30.3 Å². The Hall–Kier alpha value is -1.06. The Morgan fingerprint density at radius 1 is 1.33 bits per heavy atom. The monoisotopic (exact) mass is 268 g/mol. The highest BCUT2D eigenvalue weighted by Crippen LogP contribution is 2.22. The van der Waals surface area contributed by atoms with Gasteiger partial charge in [-0.25, -0.2) is 0 Å². The molecule has 0 aliphatic heterocycles. The minimum absolute atomic E-state index is 0. The molecule has 1 aliphatic carbocycles. The van der Waals surface area contributed by atoms with Gasteiger partial charge in [-0.1, -0.05) is 37.3 Å². The normalized spacial score (nSPS) is 18.1. The van der Waals surface area contributed by atoms with Crippen LogP contribution in [-0.4, -0.2) is 11.9 Å². The number of rotatable bonds is 4. The summed E-state index contributed by atoms with van der Waals surface area (Å²) in [6.07, 6.45) is 3.45. The third-order valence-electron chi connectivity index (χ3n) is 3.59. The van der Waals surface area contributed by atoms with Crippen molar-refractivity contribution in [3.05, 3.63) is 35.9 Å². The lowest BCUT2D eigenvalue weighted by atomic mass is 9.90. The predicted octanol–water partition coefficient (Wildman–Crippen LogP) is 2.41. The van der Waals surface area contributed by atoms with E-state index in [0.717, 1.165) is 18.4 Å². The van der Waals surface area contributed by atoms with Crippen molar-refractivity contribution in [1.29, 1.82) is 0 Å². The van der Waals surface area contributed by atoms with Crippen LogP contribution in [0.3, 0.4) is 0 Å². The molecule has 100 valence electrons. The Morgan fingerprint density at radius 3 is 2.44 bits per heavy atom. The SMILES string of the molecule is CC(C(=O)NC1CCC1)C(N)c1ccccc1.Cl. The summed E-state index contributed by atoms with van der Waals surface area (Å²) < 4.78 is 0. The number of carbonyl (C=O) groups is 1. The molecule has 3 nitrogen and oxygen atoms in total. The second-order valence-electron chi connectivity index (χ2n) is 4.86. The molecule has 1 aromatic carbocycles. The molecule has 0 heterocycles. The average Bonchev–Trinajstić information content (AvgIpc) is 2.32. The minimum Gasteiger partial charge on any atom is -0.353 e. The Labute approximate surface area is 115 Å². The van der Waals surface area contributed by atoms with Gasteiger partial charge in [-0.2, -0.15) is 0 Å². The molecule has 0 aromatic heterocycles. The van der Waals surface area contributed by atoms with E-state index >= 15 is 0 Å². The topological polar surface area (TPSA) is 55.1 Å². The van der Waals surface area contributed by atoms with Crippen molar-refractivity contribution in [3.8, 4) is 0 Å². The third kappa shape index (κ3) is 3.47. The molecule has 3 N–H and O–H groups in total. The molecular weight excluding hydrogens is 248 g/mol. The summed E-state index contributed by atoms with van der Waals surface area (Å²) in [5, 5.41) is 3.05. The highest BCUT2D eigenvalue weighted by Gasteiger charge is 2.26. The fraction of sp³-hybridized carbons (Fsp3) is 0.500. The predicted molar refractivity (Wildman–Crippen MR) is 75.6 cm³/mol. The number of halogens is 1. The van der Waals surface area contributed by atoms with Crippen molar-refractivity contribution >= 4 is 18.3 Å². The lowest BCUT2D eigenvalue weighted by Gasteiger charge is -2.29. The third-order valence-corrected chi connectivity index (χ3v) is 3.59. The Balaban J connectivity index is 0.00000162. The fourth-order valence-electron chi connectivity index (χ4n) is 2.01. The van der Waals surface area contributed by atoms with Gasteiger partial charge in [0.2, 0.25) is 5.91 Å². The van der Waals surface area contributed by atoms with Crippen LogP contribution in [0.15, 0.2) is 30.3 Å². The van der Waals surface area contributed by atoms with Crippen LogP contribution in [0, 0.1) is 5.92 Å². The molecule has 0 saturated heterocycles. The first-order chi connectivity index (χ1) is 8.18. The van der Waals surface area contributed by atoms with Gasteiger partial charge >= 0.3 is 0 Å². The molecule has 0 radical (unpaired) electrons. The Bertz CT molecular complexity index is 379. The summed E-state index contributed by atoms with van der Waals surface area (Å²) in [5.74, 6) is -0.107. The molecule has 0 bridgehead atoms. The number of hydrogen-bond acceptors (Lipinski definition) is 2. The van der Waals surface area contributed by atoms with Crippen molar-refractivity contribution < 1.29 is 4.79 Å². The van der Waals surface area contributed by atoms with Crippen LogP contribution < -0.4 is 11.1 Å². The van der Waals surface area contributed by atoms with Crippen molar-refractivity contribution in [1.82, 2.24) is 5.32 Å². The number of benzene rings is 1. The maximum atomic E-state index is 12.0. The van der Waals surface area contributed by atoms with E-state index in [2.05, 4.69) is 5.32 Å². The van der Waals surface area contributed by atoms with E-state index in [1.807, 2.05) is 37.3 Å². The highest BCUT2D eigenvalue weighted by atomic mass is 35.5. The maximum Gasteiger partial charge on any atom is 0.224 e. The first-order valence-electron chi connectivity index (χ1n) is 6.29. The van der Waals surface area contributed by atoms with Crippen molar-refractivity contribution in [3.63, 3.8) is 0 Å². The van der Waals surface area contributed by atoms with E-state index in [4.69, 9.17) is 5.73 Å². The summed E-state index contributed by atoms with van der Waals surface area (Å²) in [6, 6.07) is 9.95. The number of carbonyl (C=O) groups excluding carboxylic acids is 1. The summed E-state index contributed by atoms with van der Waals surface area (Å²) in [6.45, 7) is 1.89. The number of nitrogens with one attached hydrogen (secondary N) is 1. The lowest BCUT2D eigenvalue weighted by Crippen LogP contribution is -2.44. The molecule has 2 atom stereocenters. The van der Waals surface area contributed by atoms with Crippen LogP contribution in [0.25, 0.3) is 0 Å². The minimum atomic E-state index is -0.226. The van der Waals surface area contributed by atoms with Crippen molar-refractivity contribution in [2.24, 2.45) is 11.7 Å². The van der Waals surface area contributed by atoms with Gasteiger partial charge in [0.15, 0.2) is 0 Å². The molecule has 1 saturated carbocycles. The zero-order valence-corrected chi connectivity index (χ0v) is 11.5. The highest BCUT2D eigenvalue weighted by molar-refractivity contribution is 5.85. The molecule has 4 heteroatoms. The van der Waals surface area contributed by atoms with Gasteiger partial charge in [0.05, 0.1) is 5.92 Å². The molecule has 1 aromatic rings. The Morgan fingerprint density at radius 2 is 1.94 bits per heavy atom. The molecule has 18 heavy (non-hydrogen) atoms. The zero-order chi connectivity index (χ0) is 12.3. The summed E-state index contributed by atoms with van der Waals surface area (Å²) in [4.78, 5) is 12.0. The summed E-state index contributed by atoms with van der Waals surface area (Å²) in [5.41, 5.74) is 7.13. The summed E-state index contributed by atoms with van der Waals surface area (Å²) in [7, 11) is 0. The van der Waals surface area contributed by atoms with Crippen LogP contribution in [0.4, 0.5) is 0 Å². The smallest absolute Gasteiger partial charge is 0.224 e. The lowest BCUT2D eigenvalue weighted by molar-refractivity contribution is -0.126. The molecule has 2 unspecified atom stereocenters. The average molecular weight is 269 g/mol. The molecule has 0 spiro atoms. The first kappa shape index (κ1) is 15.0. The number of hydrogen-bond donors (Lipinski definition) is 2. The molecule has 2 rings (SSSR count). The van der Waals surface area contributed by atoms with E-state index in [1.165, 1.54) is 6.42 Å². The van der Waals surface area contributed by atoms with Gasteiger partial charge in [-0.05, 0) is 24.8 Å². The van der Waals surface area contributed by atoms with Gasteiger partial charge in [-0.3, -0.25) is 4.79 Å². The Kier molecular flexibility index (Phi) is 5.63. The van der Waals surface area contributed by atoms with Gasteiger partial charge < -0.3 is 11.1 Å². The first-order valence-corrected chi connectivity index (χ1v) is 6.29. The molecule has 1 fully saturated rings. The molecule has 1 amide bonds. The quantitative estimate of drug-likeness (QED) is 0.881. The standard InChI is InChI=1S/C14H20N2O.ClH/c1-10(14(17)16-12-8-5-9-12)13(15)11-6-3-2-4-7-11;/h2-4,6-7,10,12-13H,5,8-9,15H2,1H3,(H,16,17);1H. The van der Waals surface area contributed by atoms with E-state index < -0.39 is 0 Å². The van der Waals surface area contributed by atoms with Gasteiger partial charge in [-0.15, -0.1) is 12.4 Å². The summed E-state index contributed by atoms with van der Waals surface area (Å²) >= 11 is 0. The number of amides is 1. The van der Waals surface area contributed by atoms with Crippen LogP contribution in [0.5, 0.6) is 0 Å². The van der Waals surface area contributed by atoms with Gasteiger partial charge in [0, 0.05) is 12.1 Å². The van der Waals surface area contributed by atoms with E-state index in [1.54, 1.807) is 0 Å². The van der Waals surface area contributed by atoms with Crippen LogP contribution in [0.1, 0.15) is 37.8 Å². The van der Waals surface area contributed by atoms with E-state index in [9.17, 15) is 4.79 Å². The van der Waals surface area contributed by atoms with E-state index in [0.29, 0.717) is 6.04 Å². The van der Waals surface area contributed by atoms with Crippen molar-refractivity contribution in [2.45, 2.75) is 38.3 Å². The van der Waals surface area contributed by atoms with Crippen LogP contribution in [-0.2, 0) is 4.79 Å². The largest absolute Gasteiger partial charge is 0.353 e. The van der Waals surface area contributed by atoms with Gasteiger partial charge in [0.1, 0.15) is 0 Å². The molecular formula is C14H21ClN2O. The fourth-order valence-corrected chi connectivity index (χ4v) is 2.01. The molecule has 1 aliphatic rings. The zero-order valence-electron chi connectivity index (χ0n) is 10.6. The maximum absolute atomic E-state index is 12.0. The number of nitrogens with two attached hydrogens (primary N) is 1. The second kappa shape index (κ2) is 6.76. The van der Waals surface area contributed by atoms with Gasteiger partial charge in [0.25, 0.3) is 0 Å². The van der Waals surface area contributed by atoms with Crippen LogP contribution >= 0.6 is 12.4 Å². The van der Waals surface area contributed by atoms with Crippen LogP contribution in [0.2, 0.25) is 0 Å². The van der Waals surface area contributed by atoms with Crippen molar-refractivity contribution in [2.75, 3.05) is 0 Å².